The number of alkyl halides is 3. The molecule has 3 heterocycles. The molecule has 44 heavy (non-hydrogen) atoms. The van der Waals surface area contributed by atoms with Crippen molar-refractivity contribution in [3.63, 3.8) is 0 Å². The van der Waals surface area contributed by atoms with Crippen LogP contribution in [0.3, 0.4) is 0 Å². The Labute approximate surface area is 250 Å². The maximum absolute atomic E-state index is 13.9. The molecule has 0 N–H and O–H groups in total. The first kappa shape index (κ1) is 30.2. The Kier molecular flexibility index (Phi) is 8.88. The summed E-state index contributed by atoms with van der Waals surface area (Å²) in [7, 11) is 1.57. The van der Waals surface area contributed by atoms with Gasteiger partial charge in [-0.15, -0.1) is 13.2 Å². The summed E-state index contributed by atoms with van der Waals surface area (Å²) in [5.41, 5.74) is 1.98. The van der Waals surface area contributed by atoms with Gasteiger partial charge >= 0.3 is 6.36 Å². The van der Waals surface area contributed by atoms with E-state index in [-0.39, 0.29) is 42.4 Å². The molecule has 5 aromatic rings. The average molecular weight is 604 g/mol. The second kappa shape index (κ2) is 12.9. The number of carbonyl (C=O) groups is 1. The summed E-state index contributed by atoms with van der Waals surface area (Å²) in [5, 5.41) is 0.336. The van der Waals surface area contributed by atoms with Crippen molar-refractivity contribution in [3.8, 4) is 11.5 Å². The van der Waals surface area contributed by atoms with E-state index in [2.05, 4.69) is 14.7 Å². The smallest absolute Gasteiger partial charge is 0.497 e. The van der Waals surface area contributed by atoms with Gasteiger partial charge in [0, 0.05) is 25.1 Å². The van der Waals surface area contributed by atoms with Gasteiger partial charge in [-0.05, 0) is 66.1 Å². The van der Waals surface area contributed by atoms with Crippen LogP contribution in [0.15, 0.2) is 96.2 Å². The number of methoxy groups -OCH3 is 1. The Balaban J connectivity index is 1.53. The Morgan fingerprint density at radius 1 is 0.932 bits per heavy atom. The van der Waals surface area contributed by atoms with Gasteiger partial charge in [-0.1, -0.05) is 30.3 Å². The summed E-state index contributed by atoms with van der Waals surface area (Å²) in [4.78, 5) is 42.5. The summed E-state index contributed by atoms with van der Waals surface area (Å²) in [5.74, 6) is 0.270. The number of aromatic nitrogens is 4. The van der Waals surface area contributed by atoms with Crippen LogP contribution in [0, 0.1) is 0 Å². The van der Waals surface area contributed by atoms with Crippen LogP contribution in [-0.2, 0) is 24.3 Å². The third-order valence-electron chi connectivity index (χ3n) is 7.01. The van der Waals surface area contributed by atoms with Crippen LogP contribution < -0.4 is 15.0 Å². The zero-order chi connectivity index (χ0) is 31.3. The van der Waals surface area contributed by atoms with E-state index < -0.39 is 12.4 Å². The third kappa shape index (κ3) is 7.20. The molecule has 0 aliphatic rings. The molecule has 9 nitrogen and oxygen atoms in total. The van der Waals surface area contributed by atoms with Gasteiger partial charge in [0.25, 0.3) is 5.56 Å². The molecule has 2 aromatic carbocycles. The lowest BCUT2D eigenvalue weighted by Crippen LogP contribution is -2.38. The van der Waals surface area contributed by atoms with E-state index in [1.165, 1.54) is 16.7 Å². The number of hydrogen-bond acceptors (Lipinski definition) is 7. The number of amides is 1. The molecule has 1 amide bonds. The van der Waals surface area contributed by atoms with Gasteiger partial charge in [0.15, 0.2) is 5.65 Å². The predicted octanol–water partition coefficient (Wildman–Crippen LogP) is 5.47. The van der Waals surface area contributed by atoms with Crippen molar-refractivity contribution in [2.45, 2.75) is 38.8 Å². The first-order chi connectivity index (χ1) is 21.1. The van der Waals surface area contributed by atoms with E-state index in [9.17, 15) is 22.8 Å². The number of pyridine rings is 2. The zero-order valence-corrected chi connectivity index (χ0v) is 23.9. The van der Waals surface area contributed by atoms with Crippen LogP contribution in [-0.4, -0.2) is 43.8 Å². The molecular weight excluding hydrogens is 575 g/mol. The van der Waals surface area contributed by atoms with Gasteiger partial charge < -0.3 is 14.4 Å². The van der Waals surface area contributed by atoms with Crippen molar-refractivity contribution < 1.29 is 27.4 Å². The van der Waals surface area contributed by atoms with Crippen LogP contribution in [0.1, 0.15) is 35.5 Å². The van der Waals surface area contributed by atoms with Gasteiger partial charge in [0.1, 0.15) is 17.3 Å². The molecule has 3 aromatic heterocycles. The predicted molar refractivity (Wildman–Crippen MR) is 156 cm³/mol. The number of carbonyl (C=O) groups excluding carboxylic acids is 1. The summed E-state index contributed by atoms with van der Waals surface area (Å²) >= 11 is 0. The second-order valence-corrected chi connectivity index (χ2v) is 10.0. The largest absolute Gasteiger partial charge is 0.573 e. The molecule has 12 heteroatoms. The van der Waals surface area contributed by atoms with Crippen molar-refractivity contribution >= 4 is 16.9 Å². The second-order valence-electron chi connectivity index (χ2n) is 10.0. The molecule has 1 atom stereocenters. The van der Waals surface area contributed by atoms with Crippen LogP contribution in [0.25, 0.3) is 11.0 Å². The topological polar surface area (TPSA) is 99.4 Å². The molecule has 0 saturated carbocycles. The molecule has 0 aliphatic carbocycles. The first-order valence-corrected chi connectivity index (χ1v) is 13.6. The minimum atomic E-state index is -4.82. The van der Waals surface area contributed by atoms with Gasteiger partial charge in [-0.3, -0.25) is 19.1 Å². The molecule has 0 bridgehead atoms. The Morgan fingerprint density at radius 3 is 2.27 bits per heavy atom. The van der Waals surface area contributed by atoms with E-state index in [0.717, 1.165) is 23.3 Å². The highest BCUT2D eigenvalue weighted by molar-refractivity contribution is 5.79. The fourth-order valence-electron chi connectivity index (χ4n) is 4.81. The number of halogens is 3. The fourth-order valence-corrected chi connectivity index (χ4v) is 4.81. The number of nitrogens with zero attached hydrogens (tertiary/aromatic N) is 5. The van der Waals surface area contributed by atoms with Gasteiger partial charge in [0.05, 0.1) is 31.5 Å². The quantitative estimate of drug-likeness (QED) is 0.209. The summed E-state index contributed by atoms with van der Waals surface area (Å²) in [6.45, 7) is 2.09. The monoisotopic (exact) mass is 603 g/mol. The van der Waals surface area contributed by atoms with Gasteiger partial charge in [-0.25, -0.2) is 9.97 Å². The molecular formula is C32H28F3N5O4. The van der Waals surface area contributed by atoms with E-state index in [1.807, 2.05) is 18.2 Å². The van der Waals surface area contributed by atoms with Crippen LogP contribution >= 0.6 is 0 Å². The van der Waals surface area contributed by atoms with Crippen molar-refractivity contribution in [3.05, 3.63) is 124 Å². The lowest BCUT2D eigenvalue weighted by Gasteiger charge is -2.31. The van der Waals surface area contributed by atoms with Crippen LogP contribution in [0.5, 0.6) is 11.5 Å². The summed E-state index contributed by atoms with van der Waals surface area (Å²) in [6, 6.07) is 18.6. The lowest BCUT2D eigenvalue weighted by molar-refractivity contribution is -0.274. The Bertz CT molecular complexity index is 1790. The minimum Gasteiger partial charge on any atom is -0.497 e. The van der Waals surface area contributed by atoms with Gasteiger partial charge in [-0.2, -0.15) is 0 Å². The lowest BCUT2D eigenvalue weighted by atomic mass is 10.1. The Hall–Kier alpha value is -5.26. The highest BCUT2D eigenvalue weighted by Gasteiger charge is 2.31. The molecule has 0 spiro atoms. The highest BCUT2D eigenvalue weighted by Crippen LogP contribution is 2.26. The van der Waals surface area contributed by atoms with Gasteiger partial charge in [0.2, 0.25) is 5.91 Å². The molecule has 1 unspecified atom stereocenters. The average Bonchev–Trinajstić information content (AvgIpc) is 3.02. The van der Waals surface area contributed by atoms with Crippen molar-refractivity contribution in [1.29, 1.82) is 0 Å². The standard InChI is InChI=1S/C32H28F3N5O4/c1-21(30-38-29-27(6-4-16-37-29)31(42)40(30)19-23-9-11-25(43-2)12-10-23)39(20-24-5-3-15-36-18-24)28(41)17-22-7-13-26(14-8-22)44-32(33,34)35/h3-16,18,21H,17,19-20H2,1-2H3. The number of ether oxygens (including phenoxy) is 2. The molecule has 0 aliphatic heterocycles. The maximum Gasteiger partial charge on any atom is 0.573 e. The molecule has 226 valence electrons. The van der Waals surface area contributed by atoms with Crippen molar-refractivity contribution in [2.75, 3.05) is 7.11 Å². The van der Waals surface area contributed by atoms with Crippen LogP contribution in [0.4, 0.5) is 13.2 Å². The van der Waals surface area contributed by atoms with E-state index in [0.29, 0.717) is 22.5 Å². The number of hydrogen-bond donors (Lipinski definition) is 0. The first-order valence-electron chi connectivity index (χ1n) is 13.6. The van der Waals surface area contributed by atoms with Crippen LogP contribution in [0.2, 0.25) is 0 Å². The number of rotatable bonds is 10. The maximum atomic E-state index is 13.9. The van der Waals surface area contributed by atoms with E-state index >= 15 is 0 Å². The molecule has 5 rings (SSSR count). The highest BCUT2D eigenvalue weighted by atomic mass is 19.4. The van der Waals surface area contributed by atoms with E-state index in [4.69, 9.17) is 9.72 Å². The SMILES string of the molecule is COc1ccc(Cn2c(C(C)N(Cc3cccnc3)C(=O)Cc3ccc(OC(F)(F)F)cc3)nc3ncccc3c2=O)cc1. The molecule has 0 radical (unpaired) electrons. The Morgan fingerprint density at radius 2 is 1.61 bits per heavy atom. The van der Waals surface area contributed by atoms with E-state index in [1.54, 1.807) is 67.9 Å². The number of benzene rings is 2. The van der Waals surface area contributed by atoms with Crippen molar-refractivity contribution in [2.24, 2.45) is 0 Å². The zero-order valence-electron chi connectivity index (χ0n) is 23.9. The normalized spacial score (nSPS) is 12.1. The molecule has 0 saturated heterocycles. The number of fused-ring (bicyclic) bond motifs is 1. The summed E-state index contributed by atoms with van der Waals surface area (Å²) < 4.78 is 48.6. The fraction of sp³-hybridized carbons (Fsp3) is 0.219. The third-order valence-corrected chi connectivity index (χ3v) is 7.01. The molecule has 0 fully saturated rings. The minimum absolute atomic E-state index is 0.120. The van der Waals surface area contributed by atoms with Crippen molar-refractivity contribution in [1.82, 2.24) is 24.4 Å². The summed E-state index contributed by atoms with van der Waals surface area (Å²) in [6.07, 6.45) is -0.146.